The number of carbonyl (C=O) groups excluding carboxylic acids is 1. The number of benzene rings is 1. The predicted octanol–water partition coefficient (Wildman–Crippen LogP) is 5.20. The Morgan fingerprint density at radius 2 is 1.68 bits per heavy atom. The average Bonchev–Trinajstić information content (AvgIpc) is 2.38. The van der Waals surface area contributed by atoms with Gasteiger partial charge in [0, 0.05) is 17.5 Å². The van der Waals surface area contributed by atoms with E-state index in [4.69, 9.17) is 4.74 Å². The van der Waals surface area contributed by atoms with Gasteiger partial charge in [-0.3, -0.25) is 0 Å². The van der Waals surface area contributed by atoms with Crippen molar-refractivity contribution in [1.29, 1.82) is 0 Å². The fourth-order valence-corrected chi connectivity index (χ4v) is 2.41. The Morgan fingerprint density at radius 1 is 1.05 bits per heavy atom. The van der Waals surface area contributed by atoms with Crippen LogP contribution < -0.4 is 4.74 Å². The lowest BCUT2D eigenvalue weighted by Crippen LogP contribution is -2.19. The van der Waals surface area contributed by atoms with Crippen LogP contribution in [0, 0.1) is 0 Å². The Hall–Kier alpha value is -1.31. The van der Waals surface area contributed by atoms with Gasteiger partial charge in [0.2, 0.25) is 0 Å². The molecular formula is C20H32O2. The molecule has 0 spiro atoms. The molecule has 0 saturated heterocycles. The van der Waals surface area contributed by atoms with Crippen molar-refractivity contribution >= 4 is 6.29 Å². The van der Waals surface area contributed by atoms with E-state index in [1.807, 2.05) is 0 Å². The first-order valence-corrected chi connectivity index (χ1v) is 8.35. The summed E-state index contributed by atoms with van der Waals surface area (Å²) in [6.07, 6.45) is 3.52. The van der Waals surface area contributed by atoms with Gasteiger partial charge in [0.05, 0.1) is 6.61 Å². The summed E-state index contributed by atoms with van der Waals surface area (Å²) in [6, 6.07) is 4.40. The van der Waals surface area contributed by atoms with Gasteiger partial charge in [-0.1, -0.05) is 67.0 Å². The van der Waals surface area contributed by atoms with Crippen molar-refractivity contribution in [2.75, 3.05) is 6.61 Å². The Labute approximate surface area is 136 Å². The van der Waals surface area contributed by atoms with E-state index in [-0.39, 0.29) is 10.8 Å². The molecule has 0 N–H and O–H groups in total. The number of rotatable bonds is 6. The van der Waals surface area contributed by atoms with E-state index in [1.165, 1.54) is 11.1 Å². The molecule has 2 heteroatoms. The van der Waals surface area contributed by atoms with Crippen molar-refractivity contribution < 1.29 is 9.53 Å². The van der Waals surface area contributed by atoms with Crippen LogP contribution in [0.3, 0.4) is 0 Å². The molecule has 0 aromatic heterocycles. The number of hydrogen-bond acceptors (Lipinski definition) is 2. The van der Waals surface area contributed by atoms with Gasteiger partial charge >= 0.3 is 0 Å². The van der Waals surface area contributed by atoms with E-state index in [0.717, 1.165) is 30.4 Å². The summed E-state index contributed by atoms with van der Waals surface area (Å²) in [5.74, 6) is 0.918. The minimum Gasteiger partial charge on any atom is -0.493 e. The highest BCUT2D eigenvalue weighted by Crippen LogP contribution is 2.38. The molecule has 0 saturated carbocycles. The summed E-state index contributed by atoms with van der Waals surface area (Å²) in [6.45, 7) is 16.1. The molecule has 0 radical (unpaired) electrons. The van der Waals surface area contributed by atoms with Crippen LogP contribution in [0.25, 0.3) is 0 Å². The summed E-state index contributed by atoms with van der Waals surface area (Å²) in [7, 11) is 0. The van der Waals surface area contributed by atoms with Crippen LogP contribution in [0.4, 0.5) is 0 Å². The highest BCUT2D eigenvalue weighted by molar-refractivity contribution is 5.61. The molecule has 1 rings (SSSR count). The van der Waals surface area contributed by atoms with Gasteiger partial charge in [-0.25, -0.2) is 0 Å². The number of aldehydes is 1. The molecule has 1 aromatic rings. The topological polar surface area (TPSA) is 26.3 Å². The van der Waals surface area contributed by atoms with Crippen molar-refractivity contribution in [3.8, 4) is 5.75 Å². The first-order valence-electron chi connectivity index (χ1n) is 8.35. The summed E-state index contributed by atoms with van der Waals surface area (Å²) in [5.41, 5.74) is 3.52. The zero-order chi connectivity index (χ0) is 17.0. The Bertz CT molecular complexity index is 502. The Kier molecular flexibility index (Phi) is 6.22. The van der Waals surface area contributed by atoms with Crippen LogP contribution in [0.1, 0.15) is 78.0 Å². The zero-order valence-corrected chi connectivity index (χ0v) is 15.4. The standard InChI is InChI=1S/C20H32O2/c1-8-9-12-22-18-15(10-11-21)13-16(19(2,3)4)14-17(18)20(5,6)7/h11,13-14H,8-10,12H2,1-7H3. The molecule has 0 aliphatic rings. The summed E-state index contributed by atoms with van der Waals surface area (Å²) in [4.78, 5) is 11.1. The maximum absolute atomic E-state index is 11.1. The van der Waals surface area contributed by atoms with Gasteiger partial charge in [0.15, 0.2) is 0 Å². The zero-order valence-electron chi connectivity index (χ0n) is 15.4. The third-order valence-corrected chi connectivity index (χ3v) is 3.89. The SMILES string of the molecule is CCCCOc1c(CC=O)cc(C(C)(C)C)cc1C(C)(C)C. The molecule has 2 nitrogen and oxygen atoms in total. The highest BCUT2D eigenvalue weighted by Gasteiger charge is 2.25. The molecule has 0 atom stereocenters. The monoisotopic (exact) mass is 304 g/mol. The third-order valence-electron chi connectivity index (χ3n) is 3.89. The van der Waals surface area contributed by atoms with E-state index in [0.29, 0.717) is 13.0 Å². The predicted molar refractivity (Wildman–Crippen MR) is 94.0 cm³/mol. The summed E-state index contributed by atoms with van der Waals surface area (Å²) in [5, 5.41) is 0. The van der Waals surface area contributed by atoms with Gasteiger partial charge in [0.25, 0.3) is 0 Å². The maximum Gasteiger partial charge on any atom is 0.126 e. The fourth-order valence-electron chi connectivity index (χ4n) is 2.41. The van der Waals surface area contributed by atoms with E-state index in [2.05, 4.69) is 60.6 Å². The van der Waals surface area contributed by atoms with E-state index < -0.39 is 0 Å². The molecular weight excluding hydrogens is 272 g/mol. The van der Waals surface area contributed by atoms with Crippen molar-refractivity contribution in [3.63, 3.8) is 0 Å². The van der Waals surface area contributed by atoms with Crippen LogP contribution in [0.5, 0.6) is 5.75 Å². The van der Waals surface area contributed by atoms with Crippen molar-refractivity contribution in [1.82, 2.24) is 0 Å². The van der Waals surface area contributed by atoms with Crippen LogP contribution in [0.2, 0.25) is 0 Å². The van der Waals surface area contributed by atoms with Crippen LogP contribution in [-0.4, -0.2) is 12.9 Å². The molecule has 0 fully saturated rings. The quantitative estimate of drug-likeness (QED) is 0.533. The van der Waals surface area contributed by atoms with E-state index in [1.54, 1.807) is 0 Å². The fraction of sp³-hybridized carbons (Fsp3) is 0.650. The second-order valence-electron chi connectivity index (χ2n) is 8.08. The van der Waals surface area contributed by atoms with Crippen LogP contribution >= 0.6 is 0 Å². The summed E-state index contributed by atoms with van der Waals surface area (Å²) >= 11 is 0. The molecule has 0 heterocycles. The van der Waals surface area contributed by atoms with E-state index in [9.17, 15) is 4.79 Å². The number of hydrogen-bond donors (Lipinski definition) is 0. The minimum atomic E-state index is -0.0135. The van der Waals surface area contributed by atoms with Gasteiger partial charge in [-0.15, -0.1) is 0 Å². The van der Waals surface area contributed by atoms with Gasteiger partial charge in [-0.2, -0.15) is 0 Å². The van der Waals surface area contributed by atoms with Gasteiger partial charge in [-0.05, 0) is 22.8 Å². The van der Waals surface area contributed by atoms with Crippen LogP contribution in [-0.2, 0) is 22.0 Å². The molecule has 0 unspecified atom stereocenters. The molecule has 22 heavy (non-hydrogen) atoms. The normalized spacial score (nSPS) is 12.3. The number of carbonyl (C=O) groups is 1. The van der Waals surface area contributed by atoms with Crippen molar-refractivity contribution in [2.24, 2.45) is 0 Å². The Balaban J connectivity index is 3.45. The smallest absolute Gasteiger partial charge is 0.126 e. The third kappa shape index (κ3) is 4.86. The van der Waals surface area contributed by atoms with E-state index >= 15 is 0 Å². The minimum absolute atomic E-state index is 0.0135. The highest BCUT2D eigenvalue weighted by atomic mass is 16.5. The number of ether oxygens (including phenoxy) is 1. The second-order valence-corrected chi connectivity index (χ2v) is 8.08. The Morgan fingerprint density at radius 3 is 2.14 bits per heavy atom. The first-order chi connectivity index (χ1) is 10.1. The molecule has 0 aliphatic heterocycles. The maximum atomic E-state index is 11.1. The largest absolute Gasteiger partial charge is 0.493 e. The van der Waals surface area contributed by atoms with Crippen LogP contribution in [0.15, 0.2) is 12.1 Å². The van der Waals surface area contributed by atoms with Crippen molar-refractivity contribution in [2.45, 2.75) is 78.6 Å². The number of unbranched alkanes of at least 4 members (excludes halogenated alkanes) is 1. The first kappa shape index (κ1) is 18.7. The lowest BCUT2D eigenvalue weighted by Gasteiger charge is -2.29. The van der Waals surface area contributed by atoms with Crippen molar-refractivity contribution in [3.05, 3.63) is 28.8 Å². The lowest BCUT2D eigenvalue weighted by atomic mass is 9.78. The molecule has 0 aliphatic carbocycles. The molecule has 1 aromatic carbocycles. The molecule has 124 valence electrons. The lowest BCUT2D eigenvalue weighted by molar-refractivity contribution is -0.107. The summed E-state index contributed by atoms with van der Waals surface area (Å²) < 4.78 is 6.10. The molecule has 0 bridgehead atoms. The average molecular weight is 304 g/mol. The second kappa shape index (κ2) is 7.30. The van der Waals surface area contributed by atoms with Gasteiger partial charge < -0.3 is 9.53 Å². The van der Waals surface area contributed by atoms with Gasteiger partial charge in [0.1, 0.15) is 12.0 Å². The molecule has 0 amide bonds.